The molecule has 0 bridgehead atoms. The monoisotopic (exact) mass is 124 g/mol. The summed E-state index contributed by atoms with van der Waals surface area (Å²) in [5.41, 5.74) is 3.08. The fraction of sp³-hybridized carbons (Fsp3) is 0.500. The van der Waals surface area contributed by atoms with Crippen molar-refractivity contribution in [1.29, 1.82) is 0 Å². The highest BCUT2D eigenvalue weighted by Crippen LogP contribution is 1.82. The molecule has 1 aromatic rings. The molecule has 1 N–H and O–H groups in total. The zero-order valence-corrected chi connectivity index (χ0v) is 5.63. The number of hydrogen-bond donors (Lipinski definition) is 1. The van der Waals surface area contributed by atoms with E-state index in [2.05, 4.69) is 30.6 Å². The fourth-order valence-corrected chi connectivity index (χ4v) is 0.579. The number of nitrogens with zero attached hydrogens (tertiary/aromatic N) is 2. The summed E-state index contributed by atoms with van der Waals surface area (Å²) in [6.45, 7) is 4.13. The Morgan fingerprint density at radius 1 is 1.67 bits per heavy atom. The third-order valence-corrected chi connectivity index (χ3v) is 0.853. The molecule has 9 heavy (non-hydrogen) atoms. The Hall–Kier alpha value is -0.990. The molecule has 3 heteroatoms. The minimum Gasteiger partial charge on any atom is -0.322 e. The van der Waals surface area contributed by atoms with E-state index in [1.807, 2.05) is 6.20 Å². The third kappa shape index (κ3) is 1.76. The maximum Gasteiger partial charge on any atom is 0.196 e. The first kappa shape index (κ1) is 6.13. The zero-order chi connectivity index (χ0) is 6.69. The molecule has 1 radical (unpaired) electrons. The minimum atomic E-state index is 0.426. The van der Waals surface area contributed by atoms with Gasteiger partial charge in [0.25, 0.3) is 0 Å². The van der Waals surface area contributed by atoms with Crippen LogP contribution in [0.25, 0.3) is 0 Å². The highest BCUT2D eigenvalue weighted by Gasteiger charge is 1.89. The average molecular weight is 124 g/mol. The van der Waals surface area contributed by atoms with E-state index in [0.717, 1.165) is 0 Å². The molecule has 0 spiro atoms. The minimum absolute atomic E-state index is 0.426. The van der Waals surface area contributed by atoms with Crippen LogP contribution in [-0.2, 0) is 0 Å². The fourth-order valence-electron chi connectivity index (χ4n) is 0.579. The van der Waals surface area contributed by atoms with Crippen LogP contribution in [0.3, 0.4) is 0 Å². The van der Waals surface area contributed by atoms with E-state index >= 15 is 0 Å². The van der Waals surface area contributed by atoms with Crippen LogP contribution in [0.1, 0.15) is 13.8 Å². The Morgan fingerprint density at radius 2 is 2.44 bits per heavy atom. The molecule has 0 aliphatic heterocycles. The summed E-state index contributed by atoms with van der Waals surface area (Å²) in [5.74, 6) is 0. The summed E-state index contributed by atoms with van der Waals surface area (Å²) >= 11 is 0. The first-order valence-electron chi connectivity index (χ1n) is 2.96. The SMILES string of the molecule is CC(C)Nn1[c]ncc1. The van der Waals surface area contributed by atoms with E-state index in [9.17, 15) is 0 Å². The molecule has 0 aromatic carbocycles. The van der Waals surface area contributed by atoms with Crippen LogP contribution in [0.15, 0.2) is 12.4 Å². The van der Waals surface area contributed by atoms with Crippen molar-refractivity contribution in [1.82, 2.24) is 9.66 Å². The van der Waals surface area contributed by atoms with Crippen LogP contribution in [-0.4, -0.2) is 15.7 Å². The molecule has 0 unspecified atom stereocenters. The topological polar surface area (TPSA) is 29.9 Å². The van der Waals surface area contributed by atoms with Crippen molar-refractivity contribution < 1.29 is 0 Å². The first-order valence-corrected chi connectivity index (χ1v) is 2.96. The largest absolute Gasteiger partial charge is 0.322 e. The molecular weight excluding hydrogens is 114 g/mol. The van der Waals surface area contributed by atoms with Crippen LogP contribution >= 0.6 is 0 Å². The lowest BCUT2D eigenvalue weighted by Gasteiger charge is -2.08. The van der Waals surface area contributed by atoms with Crippen molar-refractivity contribution in [2.75, 3.05) is 5.43 Å². The van der Waals surface area contributed by atoms with Crippen LogP contribution in [0.4, 0.5) is 0 Å². The maximum atomic E-state index is 3.75. The first-order chi connectivity index (χ1) is 4.29. The molecular formula is C6H10N3. The van der Waals surface area contributed by atoms with Gasteiger partial charge in [-0.3, -0.25) is 0 Å². The van der Waals surface area contributed by atoms with Gasteiger partial charge in [0.05, 0.1) is 0 Å². The lowest BCUT2D eigenvalue weighted by Crippen LogP contribution is -2.20. The third-order valence-electron chi connectivity index (χ3n) is 0.853. The van der Waals surface area contributed by atoms with Gasteiger partial charge in [-0.05, 0) is 13.8 Å². The predicted molar refractivity (Wildman–Crippen MR) is 35.6 cm³/mol. The van der Waals surface area contributed by atoms with Crippen molar-refractivity contribution in [3.63, 3.8) is 0 Å². The molecule has 3 nitrogen and oxygen atoms in total. The van der Waals surface area contributed by atoms with E-state index in [1.54, 1.807) is 10.9 Å². The Morgan fingerprint density at radius 3 is 2.89 bits per heavy atom. The Balaban J connectivity index is 2.48. The normalized spacial score (nSPS) is 10.1. The molecule has 0 saturated heterocycles. The van der Waals surface area contributed by atoms with Crippen molar-refractivity contribution in [3.8, 4) is 0 Å². The molecule has 0 aliphatic rings. The van der Waals surface area contributed by atoms with E-state index in [0.29, 0.717) is 6.04 Å². The summed E-state index contributed by atoms with van der Waals surface area (Å²) in [6, 6.07) is 0.426. The summed E-state index contributed by atoms with van der Waals surface area (Å²) < 4.78 is 1.71. The standard InChI is InChI=1S/C6H10N3/c1-6(2)8-9-4-3-7-5-9/h3-4,6,8H,1-2H3. The van der Waals surface area contributed by atoms with E-state index in [4.69, 9.17) is 0 Å². The number of imidazole rings is 1. The van der Waals surface area contributed by atoms with Gasteiger partial charge in [0, 0.05) is 18.4 Å². The van der Waals surface area contributed by atoms with Gasteiger partial charge < -0.3 is 5.43 Å². The second-order valence-corrected chi connectivity index (χ2v) is 2.18. The highest BCUT2D eigenvalue weighted by molar-refractivity contribution is 4.80. The Bertz CT molecular complexity index is 155. The smallest absolute Gasteiger partial charge is 0.196 e. The lowest BCUT2D eigenvalue weighted by atomic mass is 10.4. The van der Waals surface area contributed by atoms with E-state index < -0.39 is 0 Å². The van der Waals surface area contributed by atoms with Gasteiger partial charge in [0.15, 0.2) is 6.33 Å². The summed E-state index contributed by atoms with van der Waals surface area (Å²) in [6.07, 6.45) is 6.23. The van der Waals surface area contributed by atoms with Crippen molar-refractivity contribution in [2.24, 2.45) is 0 Å². The van der Waals surface area contributed by atoms with Crippen LogP contribution in [0, 0.1) is 6.33 Å². The zero-order valence-electron chi connectivity index (χ0n) is 5.63. The number of aromatic nitrogens is 2. The van der Waals surface area contributed by atoms with Crippen molar-refractivity contribution >= 4 is 0 Å². The number of nitrogens with one attached hydrogen (secondary N) is 1. The number of hydrogen-bond acceptors (Lipinski definition) is 2. The molecule has 1 rings (SSSR count). The van der Waals surface area contributed by atoms with Crippen molar-refractivity contribution in [2.45, 2.75) is 19.9 Å². The second-order valence-electron chi connectivity index (χ2n) is 2.18. The highest BCUT2D eigenvalue weighted by atomic mass is 15.4. The summed E-state index contributed by atoms with van der Waals surface area (Å²) in [5, 5.41) is 0. The lowest BCUT2D eigenvalue weighted by molar-refractivity contribution is 0.731. The van der Waals surface area contributed by atoms with Crippen molar-refractivity contribution in [3.05, 3.63) is 18.7 Å². The van der Waals surface area contributed by atoms with Gasteiger partial charge in [-0.25, -0.2) is 9.66 Å². The van der Waals surface area contributed by atoms with Crippen LogP contribution < -0.4 is 5.43 Å². The molecule has 0 saturated carbocycles. The number of rotatable bonds is 2. The molecule has 1 heterocycles. The molecule has 0 aliphatic carbocycles. The quantitative estimate of drug-likeness (QED) is 0.626. The average Bonchev–Trinajstić information content (AvgIpc) is 2.15. The second kappa shape index (κ2) is 2.53. The maximum absolute atomic E-state index is 3.75. The van der Waals surface area contributed by atoms with Gasteiger partial charge in [0.1, 0.15) is 0 Å². The van der Waals surface area contributed by atoms with Gasteiger partial charge in [-0.1, -0.05) is 0 Å². The Kier molecular flexibility index (Phi) is 1.72. The van der Waals surface area contributed by atoms with Gasteiger partial charge in [-0.15, -0.1) is 0 Å². The van der Waals surface area contributed by atoms with Crippen LogP contribution in [0.5, 0.6) is 0 Å². The molecule has 0 amide bonds. The van der Waals surface area contributed by atoms with E-state index in [-0.39, 0.29) is 0 Å². The summed E-state index contributed by atoms with van der Waals surface area (Å²) in [7, 11) is 0. The van der Waals surface area contributed by atoms with Crippen LogP contribution in [0.2, 0.25) is 0 Å². The van der Waals surface area contributed by atoms with E-state index in [1.165, 1.54) is 0 Å². The van der Waals surface area contributed by atoms with Gasteiger partial charge >= 0.3 is 0 Å². The summed E-state index contributed by atoms with van der Waals surface area (Å²) in [4.78, 5) is 3.75. The Labute approximate surface area is 54.7 Å². The molecule has 1 aromatic heterocycles. The van der Waals surface area contributed by atoms with Gasteiger partial charge in [-0.2, -0.15) is 0 Å². The molecule has 0 atom stereocenters. The van der Waals surface area contributed by atoms with Gasteiger partial charge in [0.2, 0.25) is 0 Å². The predicted octanol–water partition coefficient (Wildman–Crippen LogP) is 0.635. The molecule has 49 valence electrons. The molecule has 0 fully saturated rings.